The number of hydrogen-bond acceptors (Lipinski definition) is 11. The largest absolute Gasteiger partial charge is 0.394 e. The van der Waals surface area contributed by atoms with Gasteiger partial charge in [0.2, 0.25) is 11.8 Å². The molecule has 0 radical (unpaired) electrons. The third-order valence-corrected chi connectivity index (χ3v) is 6.02. The molecule has 2 aliphatic heterocycles. The Morgan fingerprint density at radius 1 is 0.833 bits per heavy atom. The number of aliphatic hydroxyl groups is 5. The number of rotatable bonds is 9. The van der Waals surface area contributed by atoms with E-state index in [1.54, 1.807) is 0 Å². The van der Waals surface area contributed by atoms with Crippen LogP contribution in [0.5, 0.6) is 0 Å². The fraction of sp³-hybridized carbons (Fsp3) is 0.652. The normalized spacial score (nSPS) is 36.8. The molecule has 2 saturated heterocycles. The van der Waals surface area contributed by atoms with E-state index in [0.717, 1.165) is 5.56 Å². The first kappa shape index (κ1) is 28.4. The summed E-state index contributed by atoms with van der Waals surface area (Å²) >= 11 is 0. The molecular weight excluding hydrogens is 480 g/mol. The minimum Gasteiger partial charge on any atom is -0.394 e. The van der Waals surface area contributed by atoms with Crippen LogP contribution in [0.15, 0.2) is 30.3 Å². The lowest BCUT2D eigenvalue weighted by Gasteiger charge is -2.48. The topological polar surface area (TPSA) is 196 Å². The Morgan fingerprint density at radius 2 is 1.39 bits per heavy atom. The van der Waals surface area contributed by atoms with E-state index in [0.29, 0.717) is 0 Å². The zero-order chi connectivity index (χ0) is 26.4. The highest BCUT2D eigenvalue weighted by Gasteiger charge is 2.52. The minimum atomic E-state index is -1.58. The number of benzene rings is 1. The van der Waals surface area contributed by atoms with E-state index in [-0.39, 0.29) is 6.61 Å². The van der Waals surface area contributed by atoms with Gasteiger partial charge in [-0.1, -0.05) is 30.3 Å². The van der Waals surface area contributed by atoms with Crippen molar-refractivity contribution in [3.8, 4) is 0 Å². The molecule has 2 heterocycles. The van der Waals surface area contributed by atoms with Gasteiger partial charge in [-0.2, -0.15) is 0 Å². The summed E-state index contributed by atoms with van der Waals surface area (Å²) in [6.07, 6.45) is -11.0. The highest BCUT2D eigenvalue weighted by Crippen LogP contribution is 2.30. The number of aliphatic hydroxyl groups excluding tert-OH is 5. The van der Waals surface area contributed by atoms with Gasteiger partial charge >= 0.3 is 0 Å². The van der Waals surface area contributed by atoms with Gasteiger partial charge in [0.1, 0.15) is 48.7 Å². The third kappa shape index (κ3) is 6.76. The fourth-order valence-electron chi connectivity index (χ4n) is 4.25. The fourth-order valence-corrected chi connectivity index (χ4v) is 4.25. The Labute approximate surface area is 207 Å². The molecule has 13 heteroatoms. The van der Waals surface area contributed by atoms with Crippen molar-refractivity contribution >= 4 is 11.8 Å². The number of nitrogens with one attached hydrogen (secondary N) is 2. The average molecular weight is 515 g/mol. The molecule has 1 unspecified atom stereocenters. The second-order valence-electron chi connectivity index (χ2n) is 8.77. The van der Waals surface area contributed by atoms with Gasteiger partial charge in [0, 0.05) is 13.8 Å². The quantitative estimate of drug-likeness (QED) is 0.179. The standard InChI is InChI=1S/C23H34N2O11/c1-11(28)24-16-20(32)18(30)14(8-26)35-23(16)36-21-17(25-12(2)29)22(34-15(9-27)19(21)31)33-10-13-6-4-3-5-7-13/h3-7,14-23,26-27,30-32H,8-10H2,1-2H3,(H,24,28)(H,25,29)/t14-,15-,16-,17-,18-,19+,20-,21-,22+,23?/m1/s1. The molecule has 36 heavy (non-hydrogen) atoms. The summed E-state index contributed by atoms with van der Waals surface area (Å²) < 4.78 is 23.2. The van der Waals surface area contributed by atoms with Crippen molar-refractivity contribution in [1.82, 2.24) is 10.6 Å². The van der Waals surface area contributed by atoms with Crippen molar-refractivity contribution in [3.05, 3.63) is 35.9 Å². The molecule has 2 fully saturated rings. The molecule has 1 aromatic carbocycles. The Bertz CT molecular complexity index is 860. The van der Waals surface area contributed by atoms with Crippen LogP contribution in [0.25, 0.3) is 0 Å². The van der Waals surface area contributed by atoms with Gasteiger partial charge in [0.15, 0.2) is 12.6 Å². The van der Waals surface area contributed by atoms with Crippen LogP contribution in [-0.2, 0) is 35.1 Å². The van der Waals surface area contributed by atoms with E-state index >= 15 is 0 Å². The molecule has 7 N–H and O–H groups in total. The predicted molar refractivity (Wildman–Crippen MR) is 121 cm³/mol. The first-order valence-electron chi connectivity index (χ1n) is 11.6. The van der Waals surface area contributed by atoms with Crippen molar-refractivity contribution in [1.29, 1.82) is 0 Å². The second kappa shape index (κ2) is 12.9. The Balaban J connectivity index is 1.88. The lowest BCUT2D eigenvalue weighted by Crippen LogP contribution is -2.69. The summed E-state index contributed by atoms with van der Waals surface area (Å²) in [5.74, 6) is -1.05. The first-order valence-corrected chi connectivity index (χ1v) is 11.6. The molecule has 2 aliphatic rings. The Kier molecular flexibility index (Phi) is 10.1. The van der Waals surface area contributed by atoms with Crippen LogP contribution in [0.4, 0.5) is 0 Å². The third-order valence-electron chi connectivity index (χ3n) is 6.02. The lowest BCUT2D eigenvalue weighted by atomic mass is 9.94. The summed E-state index contributed by atoms with van der Waals surface area (Å²) in [6.45, 7) is 1.23. The number of carbonyl (C=O) groups is 2. The number of carbonyl (C=O) groups excluding carboxylic acids is 2. The first-order chi connectivity index (χ1) is 17.2. The van der Waals surface area contributed by atoms with Crippen LogP contribution >= 0.6 is 0 Å². The molecule has 0 saturated carbocycles. The summed E-state index contributed by atoms with van der Waals surface area (Å²) in [5, 5.41) is 56.2. The van der Waals surface area contributed by atoms with E-state index in [1.165, 1.54) is 13.8 Å². The van der Waals surface area contributed by atoms with Gasteiger partial charge in [0.25, 0.3) is 0 Å². The molecule has 1 aromatic rings. The van der Waals surface area contributed by atoms with E-state index in [2.05, 4.69) is 10.6 Å². The van der Waals surface area contributed by atoms with Crippen LogP contribution < -0.4 is 10.6 Å². The van der Waals surface area contributed by atoms with Gasteiger partial charge in [-0.3, -0.25) is 9.59 Å². The maximum absolute atomic E-state index is 12.0. The molecule has 3 rings (SSSR count). The van der Waals surface area contributed by atoms with Gasteiger partial charge in [-0.05, 0) is 5.56 Å². The number of ether oxygens (including phenoxy) is 4. The zero-order valence-electron chi connectivity index (χ0n) is 20.0. The molecule has 0 spiro atoms. The molecule has 202 valence electrons. The van der Waals surface area contributed by atoms with E-state index < -0.39 is 86.3 Å². The van der Waals surface area contributed by atoms with E-state index in [4.69, 9.17) is 18.9 Å². The highest BCUT2D eigenvalue weighted by molar-refractivity contribution is 5.73. The summed E-state index contributed by atoms with van der Waals surface area (Å²) in [4.78, 5) is 23.8. The maximum atomic E-state index is 12.0. The maximum Gasteiger partial charge on any atom is 0.217 e. The molecule has 0 aromatic heterocycles. The lowest BCUT2D eigenvalue weighted by molar-refractivity contribution is -0.329. The monoisotopic (exact) mass is 514 g/mol. The zero-order valence-corrected chi connectivity index (χ0v) is 20.0. The smallest absolute Gasteiger partial charge is 0.217 e. The van der Waals surface area contributed by atoms with Gasteiger partial charge < -0.3 is 55.1 Å². The highest BCUT2D eigenvalue weighted by atomic mass is 16.7. The molecule has 0 aliphatic carbocycles. The molecular formula is C23H34N2O11. The van der Waals surface area contributed by atoms with E-state index in [9.17, 15) is 35.1 Å². The number of amides is 2. The van der Waals surface area contributed by atoms with Crippen LogP contribution in [0.3, 0.4) is 0 Å². The molecule has 2 amide bonds. The van der Waals surface area contributed by atoms with Crippen LogP contribution in [0, 0.1) is 0 Å². The van der Waals surface area contributed by atoms with Crippen LogP contribution in [-0.4, -0.2) is 112 Å². The minimum absolute atomic E-state index is 0.0779. The number of hydrogen-bond donors (Lipinski definition) is 7. The predicted octanol–water partition coefficient (Wildman–Crippen LogP) is -2.89. The average Bonchev–Trinajstić information content (AvgIpc) is 2.85. The van der Waals surface area contributed by atoms with Gasteiger partial charge in [0.05, 0.1) is 19.8 Å². The molecule has 10 atom stereocenters. The molecule has 0 bridgehead atoms. The van der Waals surface area contributed by atoms with Gasteiger partial charge in [-0.25, -0.2) is 0 Å². The van der Waals surface area contributed by atoms with Crippen molar-refractivity contribution < 1.29 is 54.1 Å². The van der Waals surface area contributed by atoms with Gasteiger partial charge in [-0.15, -0.1) is 0 Å². The van der Waals surface area contributed by atoms with E-state index in [1.807, 2.05) is 30.3 Å². The molecule has 13 nitrogen and oxygen atoms in total. The van der Waals surface area contributed by atoms with Crippen LogP contribution in [0.1, 0.15) is 19.4 Å². The van der Waals surface area contributed by atoms with Crippen LogP contribution in [0.2, 0.25) is 0 Å². The Morgan fingerprint density at radius 3 is 1.97 bits per heavy atom. The SMILES string of the molecule is CC(=O)N[C@H]1[C@@H](OCc2ccccc2)O[C@H](CO)[C@H](O)[C@@H]1OC1O[C@H](CO)[C@@H](O)[C@H](O)[C@H]1NC(C)=O. The van der Waals surface area contributed by atoms with Crippen molar-refractivity contribution in [3.63, 3.8) is 0 Å². The second-order valence-corrected chi connectivity index (χ2v) is 8.77. The van der Waals surface area contributed by atoms with Crippen molar-refractivity contribution in [2.24, 2.45) is 0 Å². The van der Waals surface area contributed by atoms with Crippen molar-refractivity contribution in [2.75, 3.05) is 13.2 Å². The summed E-state index contributed by atoms with van der Waals surface area (Å²) in [7, 11) is 0. The van der Waals surface area contributed by atoms with Crippen molar-refractivity contribution in [2.45, 2.75) is 81.7 Å². The summed E-state index contributed by atoms with van der Waals surface area (Å²) in [6, 6.07) is 6.71. The Hall–Kier alpha value is -2.20. The summed E-state index contributed by atoms with van der Waals surface area (Å²) in [5.41, 5.74) is 0.802.